The Morgan fingerprint density at radius 2 is 2.46 bits per heavy atom. The van der Waals surface area contributed by atoms with Gasteiger partial charge in [0.1, 0.15) is 4.34 Å². The molecule has 0 atom stereocenters. The van der Waals surface area contributed by atoms with Gasteiger partial charge in [-0.25, -0.2) is 4.98 Å². The Morgan fingerprint density at radius 1 is 1.54 bits per heavy atom. The van der Waals surface area contributed by atoms with Crippen molar-refractivity contribution in [1.29, 1.82) is 0 Å². The number of hydrogen-bond donors (Lipinski definition) is 1. The molecule has 13 heavy (non-hydrogen) atoms. The third-order valence-electron chi connectivity index (χ3n) is 1.56. The van der Waals surface area contributed by atoms with Crippen molar-refractivity contribution in [3.63, 3.8) is 0 Å². The van der Waals surface area contributed by atoms with E-state index in [2.05, 4.69) is 10.3 Å². The number of rotatable bonds is 3. The van der Waals surface area contributed by atoms with Gasteiger partial charge in [-0.1, -0.05) is 11.6 Å². The van der Waals surface area contributed by atoms with Crippen molar-refractivity contribution < 1.29 is 0 Å². The number of anilines is 1. The zero-order valence-electron chi connectivity index (χ0n) is 6.66. The van der Waals surface area contributed by atoms with Gasteiger partial charge in [0.15, 0.2) is 0 Å². The zero-order valence-corrected chi connectivity index (χ0v) is 9.05. The maximum absolute atomic E-state index is 5.92. The molecule has 0 saturated carbocycles. The van der Waals surface area contributed by atoms with Crippen LogP contribution in [0.25, 0.3) is 0 Å². The van der Waals surface area contributed by atoms with Crippen LogP contribution in [0.4, 0.5) is 5.69 Å². The first-order valence-electron chi connectivity index (χ1n) is 3.70. The van der Waals surface area contributed by atoms with E-state index in [-0.39, 0.29) is 0 Å². The van der Waals surface area contributed by atoms with Gasteiger partial charge in [0.2, 0.25) is 0 Å². The highest BCUT2D eigenvalue weighted by atomic mass is 35.5. The van der Waals surface area contributed by atoms with Crippen LogP contribution in [-0.2, 0) is 6.54 Å². The van der Waals surface area contributed by atoms with Crippen LogP contribution in [0.5, 0.6) is 0 Å². The summed E-state index contributed by atoms with van der Waals surface area (Å²) in [6.45, 7) is 0.736. The molecule has 2 rings (SSSR count). The van der Waals surface area contributed by atoms with E-state index in [1.165, 1.54) is 11.3 Å². The molecule has 5 heteroatoms. The van der Waals surface area contributed by atoms with E-state index in [0.29, 0.717) is 0 Å². The molecule has 2 aromatic heterocycles. The van der Waals surface area contributed by atoms with Gasteiger partial charge in [0, 0.05) is 5.38 Å². The first kappa shape index (κ1) is 8.99. The first-order valence-corrected chi connectivity index (χ1v) is 5.90. The number of thiophene rings is 1. The zero-order chi connectivity index (χ0) is 9.10. The number of halogens is 1. The summed E-state index contributed by atoms with van der Waals surface area (Å²) in [4.78, 5) is 4.16. The molecule has 0 bridgehead atoms. The fourth-order valence-electron chi connectivity index (χ4n) is 0.930. The van der Waals surface area contributed by atoms with E-state index in [4.69, 9.17) is 11.6 Å². The predicted molar refractivity (Wildman–Crippen MR) is 58.8 cm³/mol. The van der Waals surface area contributed by atoms with Gasteiger partial charge in [-0.3, -0.25) is 0 Å². The van der Waals surface area contributed by atoms with Crippen LogP contribution in [0.15, 0.2) is 22.3 Å². The largest absolute Gasteiger partial charge is 0.377 e. The Balaban J connectivity index is 1.97. The maximum Gasteiger partial charge on any atom is 0.116 e. The van der Waals surface area contributed by atoms with E-state index in [1.807, 2.05) is 22.3 Å². The Morgan fingerprint density at radius 3 is 3.08 bits per heavy atom. The molecule has 0 aliphatic carbocycles. The van der Waals surface area contributed by atoms with Crippen LogP contribution in [-0.4, -0.2) is 4.98 Å². The van der Waals surface area contributed by atoms with E-state index in [1.54, 1.807) is 11.3 Å². The smallest absolute Gasteiger partial charge is 0.116 e. The molecule has 0 aliphatic heterocycles. The average Bonchev–Trinajstić information content (AvgIpc) is 2.72. The first-order chi connectivity index (χ1) is 6.36. The van der Waals surface area contributed by atoms with Crippen LogP contribution < -0.4 is 5.32 Å². The molecule has 1 N–H and O–H groups in total. The third kappa shape index (κ3) is 2.21. The molecular formula is C8H7ClN2S2. The van der Waals surface area contributed by atoms with Gasteiger partial charge < -0.3 is 5.32 Å². The standard InChI is InChI=1S/C8H7ClN2S2/c9-8-7(1-2-13-8)10-3-6-4-12-5-11-6/h1-2,4-5,10H,3H2. The highest BCUT2D eigenvalue weighted by Crippen LogP contribution is 2.27. The monoisotopic (exact) mass is 230 g/mol. The molecule has 2 heterocycles. The van der Waals surface area contributed by atoms with Crippen LogP contribution in [0.1, 0.15) is 5.69 Å². The topological polar surface area (TPSA) is 24.9 Å². The minimum absolute atomic E-state index is 0.736. The molecule has 0 spiro atoms. The van der Waals surface area contributed by atoms with Gasteiger partial charge >= 0.3 is 0 Å². The van der Waals surface area contributed by atoms with Crippen molar-refractivity contribution in [3.05, 3.63) is 32.4 Å². The number of aromatic nitrogens is 1. The Kier molecular flexibility index (Phi) is 2.83. The minimum atomic E-state index is 0.736. The Labute approximate surface area is 89.2 Å². The molecule has 2 aromatic rings. The van der Waals surface area contributed by atoms with Crippen molar-refractivity contribution >= 4 is 40.0 Å². The van der Waals surface area contributed by atoms with Crippen LogP contribution in [0, 0.1) is 0 Å². The van der Waals surface area contributed by atoms with E-state index >= 15 is 0 Å². The quantitative estimate of drug-likeness (QED) is 0.874. The van der Waals surface area contributed by atoms with Crippen molar-refractivity contribution in [3.8, 4) is 0 Å². The summed E-state index contributed by atoms with van der Waals surface area (Å²) in [5, 5.41) is 7.20. The van der Waals surface area contributed by atoms with Gasteiger partial charge in [-0.2, -0.15) is 0 Å². The summed E-state index contributed by atoms with van der Waals surface area (Å²) >= 11 is 9.04. The van der Waals surface area contributed by atoms with E-state index in [9.17, 15) is 0 Å². The average molecular weight is 231 g/mol. The van der Waals surface area contributed by atoms with E-state index < -0.39 is 0 Å². The molecule has 0 unspecified atom stereocenters. The van der Waals surface area contributed by atoms with Crippen molar-refractivity contribution in [1.82, 2.24) is 4.98 Å². The Hall–Kier alpha value is -0.580. The second kappa shape index (κ2) is 4.09. The molecular weight excluding hydrogens is 224 g/mol. The van der Waals surface area contributed by atoms with Crippen LogP contribution in [0.2, 0.25) is 4.34 Å². The summed E-state index contributed by atoms with van der Waals surface area (Å²) < 4.78 is 0.801. The molecule has 0 radical (unpaired) electrons. The number of thiazole rings is 1. The minimum Gasteiger partial charge on any atom is -0.377 e. The lowest BCUT2D eigenvalue weighted by atomic mass is 10.4. The van der Waals surface area contributed by atoms with Crippen molar-refractivity contribution in [2.24, 2.45) is 0 Å². The van der Waals surface area contributed by atoms with Crippen molar-refractivity contribution in [2.75, 3.05) is 5.32 Å². The van der Waals surface area contributed by atoms with E-state index in [0.717, 1.165) is 22.3 Å². The second-order valence-electron chi connectivity index (χ2n) is 2.44. The van der Waals surface area contributed by atoms with Crippen molar-refractivity contribution in [2.45, 2.75) is 6.54 Å². The summed E-state index contributed by atoms with van der Waals surface area (Å²) in [7, 11) is 0. The fraction of sp³-hybridized carbons (Fsp3) is 0.125. The number of nitrogens with one attached hydrogen (secondary N) is 1. The summed E-state index contributed by atoms with van der Waals surface area (Å²) in [5.74, 6) is 0. The summed E-state index contributed by atoms with van der Waals surface area (Å²) in [6.07, 6.45) is 0. The number of nitrogens with zero attached hydrogens (tertiary/aromatic N) is 1. The highest BCUT2D eigenvalue weighted by molar-refractivity contribution is 7.15. The molecule has 0 fully saturated rings. The maximum atomic E-state index is 5.92. The number of hydrogen-bond acceptors (Lipinski definition) is 4. The second-order valence-corrected chi connectivity index (χ2v) is 4.68. The third-order valence-corrected chi connectivity index (χ3v) is 3.37. The normalized spacial score (nSPS) is 10.2. The van der Waals surface area contributed by atoms with Gasteiger partial charge in [0.25, 0.3) is 0 Å². The molecule has 0 saturated heterocycles. The van der Waals surface area contributed by atoms with Gasteiger partial charge in [-0.05, 0) is 11.4 Å². The highest BCUT2D eigenvalue weighted by Gasteiger charge is 2.00. The van der Waals surface area contributed by atoms with Gasteiger partial charge in [0.05, 0.1) is 23.4 Å². The molecule has 0 amide bonds. The lowest BCUT2D eigenvalue weighted by molar-refractivity contribution is 1.08. The molecule has 0 aliphatic rings. The lowest BCUT2D eigenvalue weighted by Gasteiger charge is -2.00. The molecule has 68 valence electrons. The molecule has 0 aromatic carbocycles. The fourth-order valence-corrected chi connectivity index (χ4v) is 2.36. The van der Waals surface area contributed by atoms with Crippen LogP contribution in [0.3, 0.4) is 0 Å². The summed E-state index contributed by atoms with van der Waals surface area (Å²) in [5.41, 5.74) is 3.86. The summed E-state index contributed by atoms with van der Waals surface area (Å²) in [6, 6.07) is 1.97. The Bertz CT molecular complexity index is 369. The van der Waals surface area contributed by atoms with Gasteiger partial charge in [-0.15, -0.1) is 22.7 Å². The molecule has 2 nitrogen and oxygen atoms in total. The SMILES string of the molecule is Clc1sccc1NCc1cscn1. The predicted octanol–water partition coefficient (Wildman–Crippen LogP) is 3.47. The lowest BCUT2D eigenvalue weighted by Crippen LogP contribution is -1.98. The van der Waals surface area contributed by atoms with Crippen LogP contribution >= 0.6 is 34.3 Å².